The summed E-state index contributed by atoms with van der Waals surface area (Å²) in [5, 5.41) is 0. The molecule has 0 aliphatic carbocycles. The normalized spacial score (nSPS) is 26.0. The van der Waals surface area contributed by atoms with Crippen LogP contribution in [0, 0.1) is 17.8 Å². The Morgan fingerprint density at radius 2 is 0.653 bits per heavy atom. The highest BCUT2D eigenvalue weighted by Crippen LogP contribution is 2.44. The monoisotopic (exact) mass is 1290 g/mol. The van der Waals surface area contributed by atoms with E-state index < -0.39 is 67.5 Å². The van der Waals surface area contributed by atoms with E-state index in [9.17, 15) is 0 Å². The second kappa shape index (κ2) is 37.5. The lowest BCUT2D eigenvalue weighted by Crippen LogP contribution is -2.64. The number of unbranched alkanes of at least 4 members (excludes halogenated alkanes) is 1. The molecule has 3 aliphatic heterocycles. The van der Waals surface area contributed by atoms with Gasteiger partial charge in [-0.2, -0.15) is 0 Å². The summed E-state index contributed by atoms with van der Waals surface area (Å²) >= 11 is 0. The van der Waals surface area contributed by atoms with Gasteiger partial charge in [-0.05, 0) is 75.6 Å². The van der Waals surface area contributed by atoms with Crippen LogP contribution in [0.4, 0.5) is 0 Å². The van der Waals surface area contributed by atoms with Crippen LogP contribution >= 0.6 is 0 Å². The van der Waals surface area contributed by atoms with Crippen LogP contribution in [0.5, 0.6) is 0 Å². The molecule has 15 atom stereocenters. The first-order chi connectivity index (χ1) is 46.9. The van der Waals surface area contributed by atoms with Crippen molar-refractivity contribution in [2.24, 2.45) is 17.8 Å². The van der Waals surface area contributed by atoms with Gasteiger partial charge in [-0.25, -0.2) is 0 Å². The van der Waals surface area contributed by atoms with Crippen LogP contribution in [0.3, 0.4) is 0 Å². The molecule has 0 spiro atoms. The number of allylic oxidation sites excluding steroid dienone is 1. The third kappa shape index (κ3) is 20.8. The zero-order chi connectivity index (χ0) is 65.1. The third-order valence-corrected chi connectivity index (χ3v) is 18.2. The first kappa shape index (κ1) is 69.3. The molecule has 3 fully saturated rings. The Morgan fingerprint density at radius 3 is 1.06 bits per heavy atom. The second-order valence-electron chi connectivity index (χ2n) is 25.1. The number of hydrogen-bond donors (Lipinski definition) is 0. The molecule has 3 saturated heterocycles. The van der Waals surface area contributed by atoms with E-state index in [1.165, 1.54) is 0 Å². The maximum atomic E-state index is 7.75. The van der Waals surface area contributed by atoms with Gasteiger partial charge in [0.1, 0.15) is 42.7 Å². The quantitative estimate of drug-likeness (QED) is 0.0274. The largest absolute Gasteiger partial charge is 0.374 e. The molecule has 95 heavy (non-hydrogen) atoms. The highest BCUT2D eigenvalue weighted by atomic mass is 16.8. The Balaban J connectivity index is 0.960. The second-order valence-corrected chi connectivity index (χ2v) is 25.1. The molecule has 3 aliphatic rings. The van der Waals surface area contributed by atoms with E-state index in [4.69, 9.17) is 61.6 Å². The van der Waals surface area contributed by atoms with Crippen LogP contribution in [0.25, 0.3) is 0 Å². The lowest BCUT2D eigenvalue weighted by molar-refractivity contribution is -0.368. The Morgan fingerprint density at radius 1 is 0.316 bits per heavy atom. The number of ether oxygens (including phenoxy) is 13. The van der Waals surface area contributed by atoms with Crippen LogP contribution in [-0.2, 0) is 114 Å². The third-order valence-electron chi connectivity index (χ3n) is 18.2. The lowest BCUT2D eigenvalue weighted by Gasteiger charge is -2.51. The molecule has 500 valence electrons. The number of rotatable bonds is 36. The topological polar surface area (TPSA) is 120 Å². The van der Waals surface area contributed by atoms with Gasteiger partial charge < -0.3 is 61.6 Å². The standard InChI is InChI=1S/C82H94O13/c1-4-5-30-47-86-81-80(91-56-69-45-28-13-29-46-69)79(90-55-68-43-26-12-27-44-68)78(74(94-81)59-85-51-64-35-18-8-19-36-64)95-82-76(88-53-66-39-22-10-23-40-66)60(2)70(72(93-82)57-83-49-62-31-14-6-15-32-62)48-71-61(3)75(87-52-65-37-20-9-21-38-65)77(89-54-67-41-24-11-25-42-67)73(92-71)58-84-50-63-33-16-7-17-34-63/h4,6-29,31-46,60-61,70-82H,1,5,30,47-59H2,2-3H3. The predicted octanol–water partition coefficient (Wildman–Crippen LogP) is 15.4. The molecule has 0 aromatic heterocycles. The molecule has 0 saturated carbocycles. The molecule has 0 radical (unpaired) electrons. The van der Waals surface area contributed by atoms with Gasteiger partial charge in [-0.15, -0.1) is 6.58 Å². The van der Waals surface area contributed by atoms with Crippen LogP contribution in [0.15, 0.2) is 255 Å². The minimum absolute atomic E-state index is 0.128. The lowest BCUT2D eigenvalue weighted by atomic mass is 9.75. The molecular weight excluding hydrogens is 1190 g/mol. The van der Waals surface area contributed by atoms with Crippen molar-refractivity contribution in [2.75, 3.05) is 26.4 Å². The Bertz CT molecular complexity index is 3360. The summed E-state index contributed by atoms with van der Waals surface area (Å²) in [6.07, 6.45) is -4.04. The van der Waals surface area contributed by atoms with Crippen LogP contribution in [-0.4, -0.2) is 100 Å². The smallest absolute Gasteiger partial charge is 0.186 e. The summed E-state index contributed by atoms with van der Waals surface area (Å²) < 4.78 is 92.8. The van der Waals surface area contributed by atoms with Gasteiger partial charge >= 0.3 is 0 Å². The van der Waals surface area contributed by atoms with E-state index in [1.807, 2.05) is 152 Å². The first-order valence-electron chi connectivity index (χ1n) is 33.9. The van der Waals surface area contributed by atoms with Crippen molar-refractivity contribution in [2.45, 2.75) is 160 Å². The summed E-state index contributed by atoms with van der Waals surface area (Å²) in [5.41, 5.74) is 8.24. The summed E-state index contributed by atoms with van der Waals surface area (Å²) in [6.45, 7) is 12.2. The van der Waals surface area contributed by atoms with Gasteiger partial charge in [0.05, 0.1) is 97.6 Å². The minimum atomic E-state index is -0.996. The molecular formula is C82H94O13. The van der Waals surface area contributed by atoms with E-state index in [2.05, 4.69) is 117 Å². The van der Waals surface area contributed by atoms with Crippen molar-refractivity contribution in [3.05, 3.63) is 300 Å². The van der Waals surface area contributed by atoms with E-state index in [-0.39, 0.29) is 63.5 Å². The number of benzene rings is 8. The van der Waals surface area contributed by atoms with Crippen molar-refractivity contribution in [1.82, 2.24) is 0 Å². The summed E-state index contributed by atoms with van der Waals surface area (Å²) in [7, 11) is 0. The fourth-order valence-electron chi connectivity index (χ4n) is 13.0. The maximum absolute atomic E-state index is 7.75. The van der Waals surface area contributed by atoms with Crippen molar-refractivity contribution >= 4 is 0 Å². The first-order valence-corrected chi connectivity index (χ1v) is 33.9. The Labute approximate surface area is 562 Å². The predicted molar refractivity (Wildman–Crippen MR) is 366 cm³/mol. The van der Waals surface area contributed by atoms with Gasteiger partial charge in [0.15, 0.2) is 12.6 Å². The van der Waals surface area contributed by atoms with Gasteiger partial charge in [0, 0.05) is 5.92 Å². The van der Waals surface area contributed by atoms with Crippen LogP contribution in [0.2, 0.25) is 0 Å². The zero-order valence-electron chi connectivity index (χ0n) is 55.0. The van der Waals surface area contributed by atoms with Gasteiger partial charge in [0.25, 0.3) is 0 Å². The minimum Gasteiger partial charge on any atom is -0.374 e. The molecule has 15 unspecified atom stereocenters. The molecule has 3 heterocycles. The van der Waals surface area contributed by atoms with Crippen molar-refractivity contribution in [3.63, 3.8) is 0 Å². The molecule has 13 heteroatoms. The van der Waals surface area contributed by atoms with Crippen molar-refractivity contribution < 1.29 is 61.6 Å². The van der Waals surface area contributed by atoms with E-state index >= 15 is 0 Å². The van der Waals surface area contributed by atoms with Crippen LogP contribution in [0.1, 0.15) is 77.6 Å². The van der Waals surface area contributed by atoms with Crippen LogP contribution < -0.4 is 0 Å². The Kier molecular flexibility index (Phi) is 27.4. The molecule has 0 amide bonds. The SMILES string of the molecule is C=CCCCOC1OC(COCc2ccccc2)C(OC2OC(COCc3ccccc3)C(CC3OC(COCc4ccccc4)C(OCc4ccccc4)C(OCc4ccccc4)C3C)C(C)C2OCc2ccccc2)C(OCc2ccccc2)C1OCc1ccccc1. The molecule has 8 aromatic rings. The van der Waals surface area contributed by atoms with Gasteiger partial charge in [0.2, 0.25) is 0 Å². The summed E-state index contributed by atoms with van der Waals surface area (Å²) in [4.78, 5) is 0. The number of hydrogen-bond acceptors (Lipinski definition) is 13. The molecule has 8 aromatic carbocycles. The fourth-order valence-corrected chi connectivity index (χ4v) is 13.0. The maximum Gasteiger partial charge on any atom is 0.186 e. The van der Waals surface area contributed by atoms with E-state index in [1.54, 1.807) is 0 Å². The molecule has 13 nitrogen and oxygen atoms in total. The zero-order valence-corrected chi connectivity index (χ0v) is 55.0. The average Bonchev–Trinajstić information content (AvgIpc) is 0.778. The van der Waals surface area contributed by atoms with E-state index in [0.717, 1.165) is 57.3 Å². The van der Waals surface area contributed by atoms with Crippen molar-refractivity contribution in [3.8, 4) is 0 Å². The van der Waals surface area contributed by atoms with E-state index in [0.29, 0.717) is 46.1 Å². The molecule has 0 N–H and O–H groups in total. The van der Waals surface area contributed by atoms with Gasteiger partial charge in [-0.3, -0.25) is 0 Å². The fraction of sp³-hybridized carbons (Fsp3) is 0.390. The summed E-state index contributed by atoms with van der Waals surface area (Å²) in [6, 6.07) is 81.7. The highest BCUT2D eigenvalue weighted by Gasteiger charge is 2.55. The average molecular weight is 1290 g/mol. The van der Waals surface area contributed by atoms with Gasteiger partial charge in [-0.1, -0.05) is 263 Å². The van der Waals surface area contributed by atoms with Crippen molar-refractivity contribution in [1.29, 1.82) is 0 Å². The molecule has 0 bridgehead atoms. The highest BCUT2D eigenvalue weighted by molar-refractivity contribution is 5.20. The summed E-state index contributed by atoms with van der Waals surface area (Å²) in [5.74, 6) is -0.609. The molecule has 11 rings (SSSR count). The Hall–Kier alpha value is -7.02.